The van der Waals surface area contributed by atoms with Crippen LogP contribution in [0.1, 0.15) is 18.1 Å². The van der Waals surface area contributed by atoms with Crippen LogP contribution in [0.2, 0.25) is 0 Å². The third-order valence-corrected chi connectivity index (χ3v) is 3.79. The molecule has 3 nitrogen and oxygen atoms in total. The van der Waals surface area contributed by atoms with Crippen LogP contribution in [0.5, 0.6) is 5.75 Å². The van der Waals surface area contributed by atoms with Gasteiger partial charge < -0.3 is 4.74 Å². The van der Waals surface area contributed by atoms with E-state index < -0.39 is 32.0 Å². The lowest BCUT2D eigenvalue weighted by atomic mass is 10.1. The lowest BCUT2D eigenvalue weighted by Crippen LogP contribution is -2.08. The van der Waals surface area contributed by atoms with Crippen LogP contribution in [-0.4, -0.2) is 0 Å². The highest BCUT2D eigenvalue weighted by atomic mass is 32.5. The van der Waals surface area contributed by atoms with Gasteiger partial charge in [0.05, 0.1) is 5.56 Å². The fourth-order valence-electron chi connectivity index (χ4n) is 1.58. The topological polar surface area (TPSA) is 56.8 Å². The number of ether oxygens (including phenoxy) is 1. The highest BCUT2D eigenvalue weighted by Gasteiger charge is 2.65. The Morgan fingerprint density at radius 1 is 1.17 bits per heavy atom. The lowest BCUT2D eigenvalue weighted by Gasteiger charge is -2.40. The second-order valence-corrected chi connectivity index (χ2v) is 6.83. The van der Waals surface area contributed by atoms with Gasteiger partial charge in [0.1, 0.15) is 34.1 Å². The van der Waals surface area contributed by atoms with E-state index in [4.69, 9.17) is 15.3 Å². The molecule has 0 aliphatic heterocycles. The summed E-state index contributed by atoms with van der Waals surface area (Å²) < 4.78 is 70.2. The number of hydrogen-bond acceptors (Lipinski definition) is 3. The van der Waals surface area contributed by atoms with Crippen molar-refractivity contribution >= 4 is 10.2 Å². The Balaban J connectivity index is 3.67. The van der Waals surface area contributed by atoms with Gasteiger partial charge in [0.15, 0.2) is 0 Å². The van der Waals surface area contributed by atoms with Gasteiger partial charge in [-0.2, -0.15) is 10.5 Å². The molecule has 0 unspecified atom stereocenters. The summed E-state index contributed by atoms with van der Waals surface area (Å²) in [5, 5.41) is 17.9. The first-order chi connectivity index (χ1) is 10.9. The maximum absolute atomic E-state index is 13.0. The summed E-state index contributed by atoms with van der Waals surface area (Å²) in [5.74, 6) is -0.809. The second-order valence-electron chi connectivity index (χ2n) is 4.42. The summed E-state index contributed by atoms with van der Waals surface area (Å²) in [7, 11) is -10.0. The highest BCUT2D eigenvalue weighted by Crippen LogP contribution is 3.02. The van der Waals surface area contributed by atoms with E-state index in [1.165, 1.54) is 43.4 Å². The van der Waals surface area contributed by atoms with E-state index in [1.54, 1.807) is 0 Å². The Morgan fingerprint density at radius 2 is 1.79 bits per heavy atom. The molecule has 9 heteroatoms. The van der Waals surface area contributed by atoms with E-state index in [0.717, 1.165) is 0 Å². The van der Waals surface area contributed by atoms with Crippen molar-refractivity contribution in [3.63, 3.8) is 0 Å². The Morgan fingerprint density at radius 3 is 2.21 bits per heavy atom. The van der Waals surface area contributed by atoms with Crippen LogP contribution in [0.4, 0.5) is 19.4 Å². The third kappa shape index (κ3) is 4.61. The van der Waals surface area contributed by atoms with E-state index in [0.29, 0.717) is 0 Å². The quantitative estimate of drug-likeness (QED) is 0.361. The van der Waals surface area contributed by atoms with E-state index >= 15 is 0 Å². The van der Waals surface area contributed by atoms with Gasteiger partial charge in [-0.3, -0.25) is 0 Å². The number of benzene rings is 1. The van der Waals surface area contributed by atoms with Gasteiger partial charge in [-0.1, -0.05) is 38.2 Å². The predicted octanol–water partition coefficient (Wildman–Crippen LogP) is 6.11. The molecule has 1 aromatic carbocycles. The zero-order chi connectivity index (χ0) is 18.7. The van der Waals surface area contributed by atoms with Crippen molar-refractivity contribution in [1.82, 2.24) is 0 Å². The molecule has 0 heterocycles. The van der Waals surface area contributed by atoms with Crippen molar-refractivity contribution < 1.29 is 24.2 Å². The average molecular weight is 362 g/mol. The fraction of sp³-hybridized carbons (Fsp3) is 0.0667. The minimum Gasteiger partial charge on any atom is -0.456 e. The van der Waals surface area contributed by atoms with E-state index in [9.17, 15) is 19.4 Å². The molecule has 128 valence electrons. The van der Waals surface area contributed by atoms with Crippen molar-refractivity contribution in [1.29, 1.82) is 10.5 Å². The lowest BCUT2D eigenvalue weighted by molar-refractivity contribution is 0.362. The van der Waals surface area contributed by atoms with Gasteiger partial charge in [-0.15, -0.1) is 0 Å². The van der Waals surface area contributed by atoms with Crippen LogP contribution >= 0.6 is 10.2 Å². The van der Waals surface area contributed by atoms with Crippen LogP contribution in [0, 0.1) is 22.7 Å². The monoisotopic (exact) mass is 362 g/mol. The SMILES string of the molecule is C=C/C=C\C(=C/C)Oc1cc(S(F)(F)(F)(F)F)cc(C#N)c1C#N. The molecule has 0 fully saturated rings. The molecule has 0 radical (unpaired) electrons. The Labute approximate surface area is 135 Å². The molecule has 0 N–H and O–H groups in total. The van der Waals surface area contributed by atoms with Crippen molar-refractivity contribution in [3.8, 4) is 17.9 Å². The molecule has 0 atom stereocenters. The normalized spacial score (nSPS) is 15.1. The molecular weight excluding hydrogens is 351 g/mol. The number of nitrogens with zero attached hydrogens (tertiary/aromatic N) is 2. The second kappa shape index (κ2) is 5.69. The number of rotatable bonds is 5. The molecule has 0 saturated carbocycles. The van der Waals surface area contributed by atoms with Gasteiger partial charge in [0, 0.05) is 6.07 Å². The molecule has 0 saturated heterocycles. The van der Waals surface area contributed by atoms with Crippen molar-refractivity contribution in [3.05, 3.63) is 59.9 Å². The first-order valence-electron chi connectivity index (χ1n) is 6.22. The third-order valence-electron chi connectivity index (χ3n) is 2.66. The van der Waals surface area contributed by atoms with Gasteiger partial charge in [-0.05, 0) is 25.1 Å². The molecule has 0 aliphatic rings. The fourth-order valence-corrected chi connectivity index (χ4v) is 2.25. The minimum absolute atomic E-state index is 0.0189. The first-order valence-corrected chi connectivity index (χ1v) is 8.17. The average Bonchev–Trinajstić information content (AvgIpc) is 2.47. The Hall–Kier alpha value is -2.78. The largest absolute Gasteiger partial charge is 0.456 e. The molecule has 0 bridgehead atoms. The van der Waals surface area contributed by atoms with Crippen molar-refractivity contribution in [2.45, 2.75) is 11.8 Å². The molecular formula is C15H11F5N2OS. The molecule has 24 heavy (non-hydrogen) atoms. The molecule has 0 aromatic heterocycles. The molecule has 1 aromatic rings. The van der Waals surface area contributed by atoms with Crippen LogP contribution in [0.3, 0.4) is 0 Å². The number of hydrogen-bond donors (Lipinski definition) is 0. The van der Waals surface area contributed by atoms with E-state index in [1.807, 2.05) is 0 Å². The zero-order valence-electron chi connectivity index (χ0n) is 12.3. The Kier molecular flexibility index (Phi) is 4.57. The van der Waals surface area contributed by atoms with E-state index in [2.05, 4.69) is 6.58 Å². The highest BCUT2D eigenvalue weighted by molar-refractivity contribution is 8.45. The molecule has 0 aliphatic carbocycles. The van der Waals surface area contributed by atoms with Crippen LogP contribution in [0.25, 0.3) is 0 Å². The molecule has 1 rings (SSSR count). The summed E-state index contributed by atoms with van der Waals surface area (Å²) in [4.78, 5) is -2.30. The van der Waals surface area contributed by atoms with Gasteiger partial charge in [-0.25, -0.2) is 0 Å². The van der Waals surface area contributed by atoms with Gasteiger partial charge in [0.2, 0.25) is 0 Å². The van der Waals surface area contributed by atoms with Gasteiger partial charge in [0.25, 0.3) is 0 Å². The smallest absolute Gasteiger partial charge is 0.310 e. The zero-order valence-corrected chi connectivity index (χ0v) is 13.1. The van der Waals surface area contributed by atoms with Crippen LogP contribution in [0.15, 0.2) is 53.7 Å². The number of halogens is 5. The number of allylic oxidation sites excluding steroid dienone is 4. The van der Waals surface area contributed by atoms with E-state index in [-0.39, 0.29) is 17.9 Å². The standard InChI is InChI=1S/C15H11F5N2OS/c1-3-5-6-12(4-2)23-15-8-13(24(16,17,18,19)20)7-11(9-21)14(15)10-22/h3-8H,1H2,2H3/b6-5-,12-4+. The Bertz CT molecular complexity index is 827. The molecule has 0 amide bonds. The summed E-state index contributed by atoms with van der Waals surface area (Å²) in [6.07, 6.45) is 5.37. The maximum Gasteiger partial charge on any atom is 0.310 e. The van der Waals surface area contributed by atoms with Crippen molar-refractivity contribution in [2.24, 2.45) is 0 Å². The number of nitriles is 2. The summed E-state index contributed by atoms with van der Waals surface area (Å²) in [6.45, 7) is 4.87. The predicted molar refractivity (Wildman–Crippen MR) is 81.0 cm³/mol. The van der Waals surface area contributed by atoms with Gasteiger partial charge >= 0.3 is 10.2 Å². The first kappa shape index (κ1) is 19.3. The van der Waals surface area contributed by atoms with Crippen LogP contribution in [-0.2, 0) is 0 Å². The summed E-state index contributed by atoms with van der Waals surface area (Å²) in [6, 6.07) is 2.75. The molecule has 0 spiro atoms. The van der Waals surface area contributed by atoms with Crippen LogP contribution < -0.4 is 4.74 Å². The maximum atomic E-state index is 13.0. The summed E-state index contributed by atoms with van der Waals surface area (Å²) >= 11 is 0. The minimum atomic E-state index is -10.0. The van der Waals surface area contributed by atoms with Crippen molar-refractivity contribution in [2.75, 3.05) is 0 Å². The summed E-state index contributed by atoms with van der Waals surface area (Å²) in [5.41, 5.74) is -1.43.